The third-order valence-electron chi connectivity index (χ3n) is 4.96. The third kappa shape index (κ3) is 4.48. The topological polar surface area (TPSA) is 53.6 Å². The van der Waals surface area contributed by atoms with Gasteiger partial charge in [-0.2, -0.15) is 0 Å². The van der Waals surface area contributed by atoms with Crippen LogP contribution in [0.3, 0.4) is 0 Å². The molecule has 0 radical (unpaired) electrons. The summed E-state index contributed by atoms with van der Waals surface area (Å²) in [5.74, 6) is 0.926. The lowest BCUT2D eigenvalue weighted by molar-refractivity contribution is -0.127. The molecule has 1 saturated heterocycles. The van der Waals surface area contributed by atoms with Crippen LogP contribution in [0.4, 0.5) is 0 Å². The van der Waals surface area contributed by atoms with Gasteiger partial charge in [-0.3, -0.25) is 4.79 Å². The van der Waals surface area contributed by atoms with E-state index in [-0.39, 0.29) is 23.4 Å². The number of nitrogens with one attached hydrogen (secondary N) is 2. The zero-order valence-corrected chi connectivity index (χ0v) is 15.6. The highest BCUT2D eigenvalue weighted by atomic mass is 16.5. The fourth-order valence-corrected chi connectivity index (χ4v) is 3.41. The second-order valence-corrected chi connectivity index (χ2v) is 7.48. The van der Waals surface area contributed by atoms with Crippen LogP contribution in [-0.4, -0.2) is 51.1 Å². The summed E-state index contributed by atoms with van der Waals surface area (Å²) in [5, 5.41) is 6.52. The molecule has 1 aliphatic heterocycles. The summed E-state index contributed by atoms with van der Waals surface area (Å²) in [6, 6.07) is 8.00. The van der Waals surface area contributed by atoms with Gasteiger partial charge in [-0.1, -0.05) is 26.0 Å². The van der Waals surface area contributed by atoms with Crippen molar-refractivity contribution in [1.82, 2.24) is 15.5 Å². The van der Waals surface area contributed by atoms with Crippen LogP contribution in [-0.2, 0) is 4.79 Å². The molecular formula is C19H31N3O2. The lowest BCUT2D eigenvalue weighted by atomic mass is 9.77. The Labute approximate surface area is 145 Å². The highest BCUT2D eigenvalue weighted by Gasteiger charge is 2.37. The maximum absolute atomic E-state index is 12.7. The lowest BCUT2D eigenvalue weighted by Crippen LogP contribution is -2.56. The van der Waals surface area contributed by atoms with Crippen LogP contribution in [0.1, 0.15) is 38.3 Å². The Morgan fingerprint density at radius 1 is 1.46 bits per heavy atom. The van der Waals surface area contributed by atoms with E-state index >= 15 is 0 Å². The first-order chi connectivity index (χ1) is 11.3. The monoisotopic (exact) mass is 333 g/mol. The van der Waals surface area contributed by atoms with E-state index in [0.29, 0.717) is 6.54 Å². The molecule has 1 amide bonds. The van der Waals surface area contributed by atoms with Gasteiger partial charge in [0.2, 0.25) is 5.91 Å². The molecule has 0 aromatic heterocycles. The number of hydrogen-bond donors (Lipinski definition) is 2. The number of carbonyl (C=O) groups is 1. The van der Waals surface area contributed by atoms with Gasteiger partial charge in [-0.05, 0) is 56.6 Å². The summed E-state index contributed by atoms with van der Waals surface area (Å²) in [4.78, 5) is 14.8. The van der Waals surface area contributed by atoms with E-state index < -0.39 is 0 Å². The number of carbonyl (C=O) groups excluding carboxylic acids is 1. The summed E-state index contributed by atoms with van der Waals surface area (Å²) < 4.78 is 5.32. The largest absolute Gasteiger partial charge is 0.497 e. The maximum Gasteiger partial charge on any atom is 0.237 e. The molecule has 2 N–H and O–H groups in total. The van der Waals surface area contributed by atoms with Crippen LogP contribution < -0.4 is 15.4 Å². The number of piperidine rings is 1. The minimum Gasteiger partial charge on any atom is -0.497 e. The van der Waals surface area contributed by atoms with E-state index in [2.05, 4.69) is 35.4 Å². The molecule has 2 atom stereocenters. The van der Waals surface area contributed by atoms with Crippen molar-refractivity contribution < 1.29 is 9.53 Å². The van der Waals surface area contributed by atoms with Crippen molar-refractivity contribution >= 4 is 5.91 Å². The predicted molar refractivity (Wildman–Crippen MR) is 97.2 cm³/mol. The van der Waals surface area contributed by atoms with Gasteiger partial charge in [0.05, 0.1) is 19.2 Å². The first kappa shape index (κ1) is 18.7. The molecule has 1 aromatic rings. The Morgan fingerprint density at radius 3 is 2.83 bits per heavy atom. The van der Waals surface area contributed by atoms with Crippen molar-refractivity contribution in [2.24, 2.45) is 5.41 Å². The number of ether oxygens (including phenoxy) is 1. The van der Waals surface area contributed by atoms with Crippen LogP contribution in [0.15, 0.2) is 24.3 Å². The van der Waals surface area contributed by atoms with Gasteiger partial charge in [0.1, 0.15) is 5.75 Å². The summed E-state index contributed by atoms with van der Waals surface area (Å²) in [7, 11) is 5.72. The average molecular weight is 333 g/mol. The minimum atomic E-state index is -0.126. The van der Waals surface area contributed by atoms with E-state index in [1.165, 1.54) is 0 Å². The van der Waals surface area contributed by atoms with Gasteiger partial charge >= 0.3 is 0 Å². The molecule has 5 nitrogen and oxygen atoms in total. The summed E-state index contributed by atoms with van der Waals surface area (Å²) >= 11 is 0. The molecule has 134 valence electrons. The van der Waals surface area contributed by atoms with E-state index in [9.17, 15) is 4.79 Å². The predicted octanol–water partition coefficient (Wildman–Crippen LogP) is 2.19. The van der Waals surface area contributed by atoms with E-state index in [4.69, 9.17) is 4.74 Å². The third-order valence-corrected chi connectivity index (χ3v) is 4.96. The zero-order chi connectivity index (χ0) is 17.7. The fourth-order valence-electron chi connectivity index (χ4n) is 3.41. The molecule has 1 aliphatic rings. The molecule has 0 saturated carbocycles. The van der Waals surface area contributed by atoms with E-state index in [1.807, 2.05) is 32.3 Å². The van der Waals surface area contributed by atoms with Gasteiger partial charge in [-0.25, -0.2) is 0 Å². The average Bonchev–Trinajstić information content (AvgIpc) is 2.54. The van der Waals surface area contributed by atoms with Gasteiger partial charge in [-0.15, -0.1) is 0 Å². The Kier molecular flexibility index (Phi) is 6.24. The molecule has 1 aromatic carbocycles. The van der Waals surface area contributed by atoms with Gasteiger partial charge in [0.25, 0.3) is 0 Å². The summed E-state index contributed by atoms with van der Waals surface area (Å²) in [6.07, 6.45) is 2.20. The van der Waals surface area contributed by atoms with Crippen molar-refractivity contribution in [1.29, 1.82) is 0 Å². The van der Waals surface area contributed by atoms with Crippen LogP contribution >= 0.6 is 0 Å². The number of hydrogen-bond acceptors (Lipinski definition) is 4. The number of amides is 1. The van der Waals surface area contributed by atoms with Crippen molar-refractivity contribution in [3.8, 4) is 5.75 Å². The normalized spacial score (nSPS) is 21.3. The summed E-state index contributed by atoms with van der Waals surface area (Å²) in [5.41, 5.74) is 1.13. The van der Waals surface area contributed by atoms with Crippen molar-refractivity contribution in [2.45, 2.75) is 38.8 Å². The van der Waals surface area contributed by atoms with E-state index in [1.54, 1.807) is 7.11 Å². The second-order valence-electron chi connectivity index (χ2n) is 7.48. The highest BCUT2D eigenvalue weighted by molar-refractivity contribution is 5.82. The molecule has 1 fully saturated rings. The number of likely N-dealkylation sites (N-methyl/N-ethyl adjacent to an activating group) is 1. The van der Waals surface area contributed by atoms with Crippen LogP contribution in [0.25, 0.3) is 0 Å². The second kappa shape index (κ2) is 7.99. The molecule has 0 aliphatic carbocycles. The van der Waals surface area contributed by atoms with Gasteiger partial charge in [0.15, 0.2) is 0 Å². The molecule has 2 rings (SSSR count). The molecular weight excluding hydrogens is 302 g/mol. The maximum atomic E-state index is 12.7. The van der Waals surface area contributed by atoms with Crippen molar-refractivity contribution in [3.63, 3.8) is 0 Å². The van der Waals surface area contributed by atoms with Crippen molar-refractivity contribution in [2.75, 3.05) is 34.3 Å². The Bertz CT molecular complexity index is 557. The van der Waals surface area contributed by atoms with Crippen LogP contribution in [0.2, 0.25) is 0 Å². The Balaban J connectivity index is 2.04. The summed E-state index contributed by atoms with van der Waals surface area (Å²) in [6.45, 7) is 5.81. The fraction of sp³-hybridized carbons (Fsp3) is 0.632. The van der Waals surface area contributed by atoms with Gasteiger partial charge in [0, 0.05) is 6.54 Å². The molecule has 2 unspecified atom stereocenters. The minimum absolute atomic E-state index is 0.00802. The van der Waals surface area contributed by atoms with Crippen LogP contribution in [0, 0.1) is 5.41 Å². The van der Waals surface area contributed by atoms with Gasteiger partial charge < -0.3 is 20.3 Å². The quantitative estimate of drug-likeness (QED) is 0.838. The number of benzene rings is 1. The molecule has 0 spiro atoms. The first-order valence-corrected chi connectivity index (χ1v) is 8.66. The SMILES string of the molecule is COc1cccc(C(CNC(=O)C2NCCCC2(C)C)N(C)C)c1. The van der Waals surface area contributed by atoms with E-state index in [0.717, 1.165) is 30.7 Å². The molecule has 24 heavy (non-hydrogen) atoms. The highest BCUT2D eigenvalue weighted by Crippen LogP contribution is 2.30. The van der Waals surface area contributed by atoms with Crippen molar-refractivity contribution in [3.05, 3.63) is 29.8 Å². The molecule has 0 bridgehead atoms. The smallest absolute Gasteiger partial charge is 0.237 e. The Hall–Kier alpha value is -1.59. The zero-order valence-electron chi connectivity index (χ0n) is 15.6. The number of nitrogens with zero attached hydrogens (tertiary/aromatic N) is 1. The number of methoxy groups -OCH3 is 1. The first-order valence-electron chi connectivity index (χ1n) is 8.66. The van der Waals surface area contributed by atoms with Crippen LogP contribution in [0.5, 0.6) is 5.75 Å². The molecule has 1 heterocycles. The number of rotatable bonds is 6. The molecule has 5 heteroatoms. The lowest BCUT2D eigenvalue weighted by Gasteiger charge is -2.38. The Morgan fingerprint density at radius 2 is 2.21 bits per heavy atom. The standard InChI is InChI=1S/C19H31N3O2/c1-19(2)10-7-11-20-17(19)18(23)21-13-16(22(3)4)14-8-6-9-15(12-14)24-5/h6,8-9,12,16-17,20H,7,10-11,13H2,1-5H3,(H,21,23).